The Hall–Kier alpha value is -2.50. The topological polar surface area (TPSA) is 111 Å². The van der Waals surface area contributed by atoms with Gasteiger partial charge in [-0.25, -0.2) is 22.1 Å². The normalized spacial score (nSPS) is 18.9. The number of sulfonamides is 1. The average Bonchev–Trinajstić information content (AvgIpc) is 3.30. The lowest BCUT2D eigenvalue weighted by Gasteiger charge is -2.22. The molecule has 1 aliphatic rings. The standard InChI is InChI=1S/C17H22FN3O4S.CH2O2/c1-20(2)26(22,23)11-12-9-25-10-16(12)21-7-6-19-17(21)14-5-4-13(24-3)8-15(14)18;2-1-3/h4-8,12,16H,9-11H2,1-3H3;1H,(H,2,3)/t12-,16-;/m1./s1. The molecule has 1 aromatic heterocycles. The number of rotatable bonds is 6. The van der Waals surface area contributed by atoms with Crippen LogP contribution >= 0.6 is 0 Å². The minimum absolute atomic E-state index is 0.0343. The molecule has 1 aromatic carbocycles. The van der Waals surface area contributed by atoms with Gasteiger partial charge in [-0.3, -0.25) is 4.79 Å². The fourth-order valence-electron chi connectivity index (χ4n) is 3.07. The second kappa shape index (κ2) is 9.81. The first-order valence-corrected chi connectivity index (χ1v) is 10.3. The van der Waals surface area contributed by atoms with Crippen LogP contribution in [-0.4, -0.2) is 74.0 Å². The van der Waals surface area contributed by atoms with Crippen LogP contribution in [0, 0.1) is 11.7 Å². The fraction of sp³-hybridized carbons (Fsp3) is 0.444. The summed E-state index contributed by atoms with van der Waals surface area (Å²) in [4.78, 5) is 12.6. The molecule has 1 N–H and O–H groups in total. The van der Waals surface area contributed by atoms with Crippen LogP contribution in [0.4, 0.5) is 4.39 Å². The van der Waals surface area contributed by atoms with E-state index in [1.807, 2.05) is 0 Å². The van der Waals surface area contributed by atoms with Crippen molar-refractivity contribution in [2.75, 3.05) is 40.2 Å². The van der Waals surface area contributed by atoms with Crippen LogP contribution in [0.2, 0.25) is 0 Å². The summed E-state index contributed by atoms with van der Waals surface area (Å²) in [7, 11) is 1.12. The van der Waals surface area contributed by atoms with E-state index in [1.54, 1.807) is 29.1 Å². The molecular weight excluding hydrogens is 405 g/mol. The van der Waals surface area contributed by atoms with Crippen LogP contribution in [-0.2, 0) is 19.6 Å². The van der Waals surface area contributed by atoms with Gasteiger partial charge in [-0.05, 0) is 12.1 Å². The van der Waals surface area contributed by atoms with Crippen molar-refractivity contribution >= 4 is 16.5 Å². The van der Waals surface area contributed by atoms with Gasteiger partial charge in [0.05, 0.1) is 37.7 Å². The predicted molar refractivity (Wildman–Crippen MR) is 104 cm³/mol. The van der Waals surface area contributed by atoms with E-state index in [0.29, 0.717) is 30.4 Å². The number of nitrogens with zero attached hydrogens (tertiary/aromatic N) is 3. The Kier molecular flexibility index (Phi) is 7.71. The summed E-state index contributed by atoms with van der Waals surface area (Å²) < 4.78 is 52.6. The molecule has 0 unspecified atom stereocenters. The number of ether oxygens (including phenoxy) is 2. The molecule has 0 radical (unpaired) electrons. The molecule has 1 saturated heterocycles. The molecule has 9 nitrogen and oxygen atoms in total. The van der Waals surface area contributed by atoms with Gasteiger partial charge in [0.15, 0.2) is 0 Å². The number of aromatic nitrogens is 2. The summed E-state index contributed by atoms with van der Waals surface area (Å²) in [5, 5.41) is 6.89. The monoisotopic (exact) mass is 429 g/mol. The van der Waals surface area contributed by atoms with Gasteiger partial charge >= 0.3 is 0 Å². The van der Waals surface area contributed by atoms with Gasteiger partial charge in [0.2, 0.25) is 10.0 Å². The van der Waals surface area contributed by atoms with Gasteiger partial charge in [0.1, 0.15) is 17.4 Å². The second-order valence-corrected chi connectivity index (χ2v) is 8.76. The van der Waals surface area contributed by atoms with Crippen molar-refractivity contribution in [1.29, 1.82) is 0 Å². The number of methoxy groups -OCH3 is 1. The molecule has 2 atom stereocenters. The van der Waals surface area contributed by atoms with Crippen molar-refractivity contribution in [3.63, 3.8) is 0 Å². The van der Waals surface area contributed by atoms with Crippen LogP contribution in [0.25, 0.3) is 11.4 Å². The van der Waals surface area contributed by atoms with Gasteiger partial charge in [0, 0.05) is 38.5 Å². The number of carbonyl (C=O) groups is 1. The van der Waals surface area contributed by atoms with Crippen molar-refractivity contribution in [2.45, 2.75) is 6.04 Å². The maximum Gasteiger partial charge on any atom is 0.290 e. The van der Waals surface area contributed by atoms with E-state index in [2.05, 4.69) is 4.98 Å². The van der Waals surface area contributed by atoms with E-state index in [1.165, 1.54) is 31.6 Å². The van der Waals surface area contributed by atoms with Gasteiger partial charge in [-0.1, -0.05) is 0 Å². The van der Waals surface area contributed by atoms with Gasteiger partial charge in [0.25, 0.3) is 6.47 Å². The van der Waals surface area contributed by atoms with Crippen LogP contribution in [0.3, 0.4) is 0 Å². The lowest BCUT2D eigenvalue weighted by atomic mass is 10.1. The van der Waals surface area contributed by atoms with E-state index in [9.17, 15) is 12.8 Å². The fourth-order valence-corrected chi connectivity index (χ4v) is 4.22. The van der Waals surface area contributed by atoms with Gasteiger partial charge in [-0.2, -0.15) is 0 Å². The smallest absolute Gasteiger partial charge is 0.290 e. The van der Waals surface area contributed by atoms with Crippen LogP contribution in [0.5, 0.6) is 5.75 Å². The molecule has 29 heavy (non-hydrogen) atoms. The van der Waals surface area contributed by atoms with Gasteiger partial charge in [-0.15, -0.1) is 0 Å². The Morgan fingerprint density at radius 3 is 2.69 bits per heavy atom. The maximum atomic E-state index is 14.5. The van der Waals surface area contributed by atoms with Crippen molar-refractivity contribution in [3.8, 4) is 17.1 Å². The molecule has 0 aliphatic carbocycles. The molecule has 1 aliphatic heterocycles. The quantitative estimate of drug-likeness (QED) is 0.693. The lowest BCUT2D eigenvalue weighted by Crippen LogP contribution is -2.32. The predicted octanol–water partition coefficient (Wildman–Crippen LogP) is 1.48. The molecule has 0 bridgehead atoms. The summed E-state index contributed by atoms with van der Waals surface area (Å²) in [5.74, 6) is 0.133. The lowest BCUT2D eigenvalue weighted by molar-refractivity contribution is -0.122. The number of halogens is 1. The highest BCUT2D eigenvalue weighted by Crippen LogP contribution is 2.33. The molecule has 2 heterocycles. The Morgan fingerprint density at radius 2 is 2.10 bits per heavy atom. The summed E-state index contributed by atoms with van der Waals surface area (Å²) >= 11 is 0. The highest BCUT2D eigenvalue weighted by Gasteiger charge is 2.35. The molecule has 1 fully saturated rings. The van der Waals surface area contributed by atoms with Crippen LogP contribution in [0.15, 0.2) is 30.6 Å². The van der Waals surface area contributed by atoms with Crippen molar-refractivity contribution < 1.29 is 32.2 Å². The van der Waals surface area contributed by atoms with Crippen molar-refractivity contribution in [1.82, 2.24) is 13.9 Å². The largest absolute Gasteiger partial charge is 0.497 e. The van der Waals surface area contributed by atoms with E-state index < -0.39 is 15.8 Å². The Bertz CT molecular complexity index is 931. The Labute approximate surface area is 168 Å². The highest BCUT2D eigenvalue weighted by atomic mass is 32.2. The first kappa shape index (κ1) is 22.8. The highest BCUT2D eigenvalue weighted by molar-refractivity contribution is 7.89. The number of hydrogen-bond acceptors (Lipinski definition) is 6. The van der Waals surface area contributed by atoms with Gasteiger partial charge < -0.3 is 19.1 Å². The van der Waals surface area contributed by atoms with Crippen molar-refractivity contribution in [3.05, 3.63) is 36.4 Å². The van der Waals surface area contributed by atoms with E-state index >= 15 is 0 Å². The third-order valence-electron chi connectivity index (χ3n) is 4.59. The van der Waals surface area contributed by atoms with Crippen LogP contribution in [0.1, 0.15) is 6.04 Å². The first-order valence-electron chi connectivity index (χ1n) is 8.67. The Balaban J connectivity index is 0.000000941. The zero-order valence-corrected chi connectivity index (χ0v) is 17.2. The second-order valence-electron chi connectivity index (χ2n) is 6.54. The number of carboxylic acid groups (broad SMARTS) is 1. The van der Waals surface area contributed by atoms with E-state index in [4.69, 9.17) is 19.4 Å². The third kappa shape index (κ3) is 5.31. The third-order valence-corrected chi connectivity index (χ3v) is 6.55. The zero-order chi connectivity index (χ0) is 21.6. The van der Waals surface area contributed by atoms with E-state index in [-0.39, 0.29) is 24.2 Å². The number of imidazole rings is 1. The maximum absolute atomic E-state index is 14.5. The first-order chi connectivity index (χ1) is 13.7. The summed E-state index contributed by atoms with van der Waals surface area (Å²) in [6.07, 6.45) is 3.31. The number of benzene rings is 1. The van der Waals surface area contributed by atoms with Crippen molar-refractivity contribution in [2.24, 2.45) is 5.92 Å². The summed E-state index contributed by atoms with van der Waals surface area (Å²) in [6.45, 7) is 0.440. The summed E-state index contributed by atoms with van der Waals surface area (Å²) in [6, 6.07) is 4.34. The van der Waals surface area contributed by atoms with E-state index in [0.717, 1.165) is 0 Å². The van der Waals surface area contributed by atoms with Crippen LogP contribution < -0.4 is 4.74 Å². The molecule has 0 amide bonds. The number of hydrogen-bond donors (Lipinski definition) is 1. The zero-order valence-electron chi connectivity index (χ0n) is 16.4. The molecule has 11 heteroatoms. The minimum Gasteiger partial charge on any atom is -0.497 e. The minimum atomic E-state index is -3.37. The summed E-state index contributed by atoms with van der Waals surface area (Å²) in [5.41, 5.74) is 0.330. The molecular formula is C18H24FN3O6S. The molecule has 0 saturated carbocycles. The molecule has 0 spiro atoms. The SMILES string of the molecule is COc1ccc(-c2nccn2[C@@H]2COC[C@@H]2CS(=O)(=O)N(C)C)c(F)c1.O=CO. The average molecular weight is 429 g/mol. The molecule has 3 rings (SSSR count). The molecule has 160 valence electrons. The Morgan fingerprint density at radius 1 is 1.41 bits per heavy atom. The molecule has 2 aromatic rings.